The van der Waals surface area contributed by atoms with Gasteiger partial charge in [0.1, 0.15) is 5.69 Å². The zero-order chi connectivity index (χ0) is 15.6. The van der Waals surface area contributed by atoms with E-state index in [0.29, 0.717) is 35.9 Å². The summed E-state index contributed by atoms with van der Waals surface area (Å²) in [6, 6.07) is 0.304. The second-order valence-electron chi connectivity index (χ2n) is 6.30. The number of hydrogen-bond donors (Lipinski definition) is 1. The molecule has 1 N–H and O–H groups in total. The maximum atomic E-state index is 11.3. The number of aromatic nitrogens is 2. The Morgan fingerprint density at radius 1 is 1.43 bits per heavy atom. The molecule has 2 rings (SSSR count). The summed E-state index contributed by atoms with van der Waals surface area (Å²) in [7, 11) is 0. The second-order valence-corrected chi connectivity index (χ2v) is 6.30. The Morgan fingerprint density at radius 3 is 2.67 bits per heavy atom. The average molecular weight is 294 g/mol. The first kappa shape index (κ1) is 15.8. The molecule has 2 atom stereocenters. The predicted octanol–water partition coefficient (Wildman–Crippen LogP) is 3.75. The lowest BCUT2D eigenvalue weighted by Crippen LogP contribution is -2.36. The summed E-state index contributed by atoms with van der Waals surface area (Å²) < 4.78 is 1.72. The normalized spacial score (nSPS) is 22.5. The molecule has 0 aromatic carbocycles. The number of nitrogens with one attached hydrogen (secondary N) is 1. The molecule has 0 saturated heterocycles. The summed E-state index contributed by atoms with van der Waals surface area (Å²) in [5, 5.41) is 19.1. The molecule has 0 aliphatic heterocycles. The Hall–Kier alpha value is -1.59. The molecule has 2 unspecified atom stereocenters. The number of aryl methyl sites for hydroxylation is 2. The fourth-order valence-electron chi connectivity index (χ4n) is 3.47. The van der Waals surface area contributed by atoms with Crippen LogP contribution in [0.1, 0.15) is 52.1 Å². The van der Waals surface area contributed by atoms with Gasteiger partial charge in [-0.25, -0.2) is 4.68 Å². The van der Waals surface area contributed by atoms with Crippen molar-refractivity contribution in [1.29, 1.82) is 0 Å². The van der Waals surface area contributed by atoms with Gasteiger partial charge >= 0.3 is 5.69 Å². The van der Waals surface area contributed by atoms with Crippen LogP contribution in [-0.2, 0) is 6.54 Å². The standard InChI is InChI=1S/C15H26N4O2/c1-5-18-15(14(19(20)21)11(4)17-18)16-13-9-7-6-8-12(13)10(2)3/h10,12-13,16H,5-9H2,1-4H3. The summed E-state index contributed by atoms with van der Waals surface area (Å²) in [6.07, 6.45) is 4.72. The van der Waals surface area contributed by atoms with Crippen LogP contribution in [0.3, 0.4) is 0 Å². The van der Waals surface area contributed by atoms with Crippen molar-refractivity contribution >= 4 is 11.5 Å². The highest BCUT2D eigenvalue weighted by atomic mass is 16.6. The largest absolute Gasteiger partial charge is 0.362 e. The third-order valence-corrected chi connectivity index (χ3v) is 4.58. The lowest BCUT2D eigenvalue weighted by Gasteiger charge is -2.35. The molecule has 6 heteroatoms. The maximum Gasteiger partial charge on any atom is 0.333 e. The van der Waals surface area contributed by atoms with Crippen LogP contribution in [0.4, 0.5) is 11.5 Å². The Morgan fingerprint density at radius 2 is 2.10 bits per heavy atom. The van der Waals surface area contributed by atoms with Gasteiger partial charge in [0.2, 0.25) is 5.82 Å². The van der Waals surface area contributed by atoms with Gasteiger partial charge in [-0.2, -0.15) is 5.10 Å². The molecule has 1 aliphatic carbocycles. The molecule has 1 fully saturated rings. The third kappa shape index (κ3) is 3.19. The molecule has 118 valence electrons. The van der Waals surface area contributed by atoms with Gasteiger partial charge < -0.3 is 5.32 Å². The van der Waals surface area contributed by atoms with Crippen LogP contribution in [0, 0.1) is 28.9 Å². The van der Waals surface area contributed by atoms with Gasteiger partial charge in [-0.15, -0.1) is 0 Å². The van der Waals surface area contributed by atoms with Gasteiger partial charge in [-0.3, -0.25) is 10.1 Å². The first-order chi connectivity index (χ1) is 9.95. The van der Waals surface area contributed by atoms with Gasteiger partial charge in [0.15, 0.2) is 0 Å². The van der Waals surface area contributed by atoms with Crippen molar-refractivity contribution in [2.45, 2.75) is 66.0 Å². The highest BCUT2D eigenvalue weighted by Gasteiger charge is 2.32. The molecule has 6 nitrogen and oxygen atoms in total. The smallest absolute Gasteiger partial charge is 0.333 e. The van der Waals surface area contributed by atoms with E-state index in [-0.39, 0.29) is 10.6 Å². The molecular weight excluding hydrogens is 268 g/mol. The minimum Gasteiger partial charge on any atom is -0.362 e. The topological polar surface area (TPSA) is 73.0 Å². The van der Waals surface area contributed by atoms with Gasteiger partial charge in [0, 0.05) is 12.6 Å². The molecule has 1 aliphatic rings. The Kier molecular flexibility index (Phi) is 4.85. The molecule has 1 aromatic rings. The van der Waals surface area contributed by atoms with Crippen molar-refractivity contribution in [3.63, 3.8) is 0 Å². The molecule has 0 bridgehead atoms. The summed E-state index contributed by atoms with van der Waals surface area (Å²) in [4.78, 5) is 11.0. The second kappa shape index (κ2) is 6.45. The third-order valence-electron chi connectivity index (χ3n) is 4.58. The fourth-order valence-corrected chi connectivity index (χ4v) is 3.47. The van der Waals surface area contributed by atoms with Crippen LogP contribution in [-0.4, -0.2) is 20.7 Å². The van der Waals surface area contributed by atoms with Crippen LogP contribution >= 0.6 is 0 Å². The number of nitro groups is 1. The van der Waals surface area contributed by atoms with Crippen molar-refractivity contribution < 1.29 is 4.92 Å². The number of hydrogen-bond acceptors (Lipinski definition) is 4. The van der Waals surface area contributed by atoms with Crippen LogP contribution in [0.25, 0.3) is 0 Å². The summed E-state index contributed by atoms with van der Waals surface area (Å²) in [5.74, 6) is 1.73. The Balaban J connectivity index is 2.31. The minimum absolute atomic E-state index is 0.130. The molecule has 0 radical (unpaired) electrons. The van der Waals surface area contributed by atoms with Crippen molar-refractivity contribution in [3.8, 4) is 0 Å². The lowest BCUT2D eigenvalue weighted by atomic mass is 9.78. The number of nitrogens with zero attached hydrogens (tertiary/aromatic N) is 3. The molecule has 21 heavy (non-hydrogen) atoms. The number of rotatable bonds is 5. The zero-order valence-electron chi connectivity index (χ0n) is 13.4. The molecule has 1 heterocycles. The van der Waals surface area contributed by atoms with E-state index in [4.69, 9.17) is 0 Å². The first-order valence-electron chi connectivity index (χ1n) is 7.94. The van der Waals surface area contributed by atoms with Crippen LogP contribution in [0.2, 0.25) is 0 Å². The summed E-state index contributed by atoms with van der Waals surface area (Å²) >= 11 is 0. The van der Waals surface area contributed by atoms with E-state index in [0.717, 1.165) is 6.42 Å². The zero-order valence-corrected chi connectivity index (χ0v) is 13.4. The SMILES string of the molecule is CCn1nc(C)c([N+](=O)[O-])c1NC1CCCCC1C(C)C. The van der Waals surface area contributed by atoms with E-state index in [9.17, 15) is 10.1 Å². The van der Waals surface area contributed by atoms with E-state index in [1.807, 2.05) is 6.92 Å². The maximum absolute atomic E-state index is 11.3. The van der Waals surface area contributed by atoms with Gasteiger partial charge in [-0.1, -0.05) is 26.7 Å². The Bertz CT molecular complexity index is 510. The Labute approximate surface area is 126 Å². The molecule has 1 aromatic heterocycles. The van der Waals surface area contributed by atoms with Gasteiger partial charge in [0.25, 0.3) is 0 Å². The van der Waals surface area contributed by atoms with E-state index < -0.39 is 0 Å². The molecule has 0 amide bonds. The molecular formula is C15H26N4O2. The lowest BCUT2D eigenvalue weighted by molar-refractivity contribution is -0.384. The van der Waals surface area contributed by atoms with Crippen molar-refractivity contribution in [1.82, 2.24) is 9.78 Å². The fraction of sp³-hybridized carbons (Fsp3) is 0.800. The van der Waals surface area contributed by atoms with Crippen LogP contribution < -0.4 is 5.32 Å². The summed E-state index contributed by atoms with van der Waals surface area (Å²) in [5.41, 5.74) is 0.617. The average Bonchev–Trinajstić information content (AvgIpc) is 2.75. The van der Waals surface area contributed by atoms with E-state index in [1.165, 1.54) is 19.3 Å². The van der Waals surface area contributed by atoms with E-state index in [2.05, 4.69) is 24.3 Å². The van der Waals surface area contributed by atoms with Crippen LogP contribution in [0.5, 0.6) is 0 Å². The molecule has 1 saturated carbocycles. The predicted molar refractivity (Wildman–Crippen MR) is 83.5 cm³/mol. The number of anilines is 1. The van der Waals surface area contributed by atoms with E-state index >= 15 is 0 Å². The van der Waals surface area contributed by atoms with Crippen molar-refractivity contribution in [2.24, 2.45) is 11.8 Å². The summed E-state index contributed by atoms with van der Waals surface area (Å²) in [6.45, 7) is 8.78. The highest BCUT2D eigenvalue weighted by Crippen LogP contribution is 2.35. The van der Waals surface area contributed by atoms with Crippen LogP contribution in [0.15, 0.2) is 0 Å². The van der Waals surface area contributed by atoms with E-state index in [1.54, 1.807) is 11.6 Å². The monoisotopic (exact) mass is 294 g/mol. The van der Waals surface area contributed by atoms with Gasteiger partial charge in [0.05, 0.1) is 4.92 Å². The first-order valence-corrected chi connectivity index (χ1v) is 7.94. The quantitative estimate of drug-likeness (QED) is 0.663. The highest BCUT2D eigenvalue weighted by molar-refractivity contribution is 5.60. The minimum atomic E-state index is -0.315. The van der Waals surface area contributed by atoms with Crippen molar-refractivity contribution in [3.05, 3.63) is 15.8 Å². The van der Waals surface area contributed by atoms with Gasteiger partial charge in [-0.05, 0) is 38.5 Å². The molecule has 0 spiro atoms. The van der Waals surface area contributed by atoms with Crippen molar-refractivity contribution in [2.75, 3.05) is 5.32 Å².